The predicted octanol–water partition coefficient (Wildman–Crippen LogP) is 3.53. The number of halogens is 1. The van der Waals surface area contributed by atoms with Gasteiger partial charge in [0, 0.05) is 6.54 Å². The molecule has 0 bridgehead atoms. The van der Waals surface area contributed by atoms with Crippen molar-refractivity contribution < 1.29 is 4.79 Å². The summed E-state index contributed by atoms with van der Waals surface area (Å²) < 4.78 is 1.83. The number of nitrogens with zero attached hydrogens (tertiary/aromatic N) is 3. The van der Waals surface area contributed by atoms with Crippen LogP contribution in [0.2, 0.25) is 0 Å². The molecule has 2 N–H and O–H groups in total. The van der Waals surface area contributed by atoms with Crippen LogP contribution in [0.15, 0.2) is 54.7 Å². The van der Waals surface area contributed by atoms with Gasteiger partial charge < -0.3 is 10.6 Å². The summed E-state index contributed by atoms with van der Waals surface area (Å²) in [5.74, 6) is -0.193. The molecule has 1 amide bonds. The number of hydrogen-bond donors (Lipinski definition) is 2. The number of hydrogen-bond acceptors (Lipinski definition) is 4. The fourth-order valence-electron chi connectivity index (χ4n) is 3.59. The van der Waals surface area contributed by atoms with E-state index in [1.165, 1.54) is 11.1 Å². The van der Waals surface area contributed by atoms with Crippen molar-refractivity contribution in [1.29, 1.82) is 0 Å². The van der Waals surface area contributed by atoms with E-state index in [0.29, 0.717) is 18.3 Å². The molecule has 1 aliphatic heterocycles. The van der Waals surface area contributed by atoms with Gasteiger partial charge in [-0.1, -0.05) is 53.2 Å². The zero-order valence-corrected chi connectivity index (χ0v) is 17.3. The maximum atomic E-state index is 12.5. The summed E-state index contributed by atoms with van der Waals surface area (Å²) in [5, 5.41) is 14.5. The van der Waals surface area contributed by atoms with Gasteiger partial charge in [-0.05, 0) is 55.6 Å². The number of carbonyl (C=O) groups is 1. The first kappa shape index (κ1) is 21.0. The Morgan fingerprint density at radius 1 is 1.14 bits per heavy atom. The third kappa shape index (κ3) is 5.22. The van der Waals surface area contributed by atoms with Crippen molar-refractivity contribution in [2.75, 3.05) is 13.1 Å². The van der Waals surface area contributed by atoms with Crippen LogP contribution in [-0.4, -0.2) is 34.0 Å². The fourth-order valence-corrected chi connectivity index (χ4v) is 3.59. The molecule has 0 atom stereocenters. The summed E-state index contributed by atoms with van der Waals surface area (Å²) in [6.45, 7) is 4.50. The van der Waals surface area contributed by atoms with Gasteiger partial charge >= 0.3 is 0 Å². The molecule has 0 aliphatic carbocycles. The van der Waals surface area contributed by atoms with E-state index in [1.54, 1.807) is 6.20 Å². The largest absolute Gasteiger partial charge is 0.347 e. The fraction of sp³-hybridized carbons (Fsp3) is 0.318. The lowest BCUT2D eigenvalue weighted by Gasteiger charge is -2.22. The Labute approximate surface area is 177 Å². The van der Waals surface area contributed by atoms with Crippen LogP contribution in [0.25, 0.3) is 11.1 Å². The average Bonchev–Trinajstić information content (AvgIpc) is 3.23. The summed E-state index contributed by atoms with van der Waals surface area (Å²) in [6.07, 6.45) is 3.78. The molecular formula is C22H26ClN5O. The molecule has 6 nitrogen and oxygen atoms in total. The lowest BCUT2D eigenvalue weighted by Crippen LogP contribution is -2.29. The van der Waals surface area contributed by atoms with E-state index in [4.69, 9.17) is 0 Å². The van der Waals surface area contributed by atoms with E-state index < -0.39 is 0 Å². The molecule has 7 heteroatoms. The molecule has 0 unspecified atom stereocenters. The van der Waals surface area contributed by atoms with Crippen LogP contribution in [0.5, 0.6) is 0 Å². The van der Waals surface area contributed by atoms with Crippen LogP contribution in [0, 0.1) is 6.92 Å². The lowest BCUT2D eigenvalue weighted by molar-refractivity contribution is 0.0946. The maximum absolute atomic E-state index is 12.5. The minimum Gasteiger partial charge on any atom is -0.347 e. The van der Waals surface area contributed by atoms with Gasteiger partial charge in [0.1, 0.15) is 0 Å². The molecule has 1 aromatic heterocycles. The zero-order chi connectivity index (χ0) is 19.3. The normalized spacial score (nSPS) is 14.2. The molecule has 29 heavy (non-hydrogen) atoms. The summed E-state index contributed by atoms with van der Waals surface area (Å²) in [6, 6.07) is 17.0. The number of nitrogens with one attached hydrogen (secondary N) is 2. The molecule has 0 saturated carbocycles. The van der Waals surface area contributed by atoms with Crippen LogP contribution in [-0.2, 0) is 6.54 Å². The second-order valence-corrected chi connectivity index (χ2v) is 7.32. The topological polar surface area (TPSA) is 71.8 Å². The van der Waals surface area contributed by atoms with Gasteiger partial charge in [-0.15, -0.1) is 17.5 Å². The van der Waals surface area contributed by atoms with Gasteiger partial charge in [0.15, 0.2) is 5.69 Å². The highest BCUT2D eigenvalue weighted by atomic mass is 35.5. The predicted molar refractivity (Wildman–Crippen MR) is 116 cm³/mol. The van der Waals surface area contributed by atoms with E-state index >= 15 is 0 Å². The number of rotatable bonds is 5. The first-order valence-corrected chi connectivity index (χ1v) is 9.76. The second kappa shape index (κ2) is 9.67. The summed E-state index contributed by atoms with van der Waals surface area (Å²) >= 11 is 0. The van der Waals surface area contributed by atoms with Gasteiger partial charge in [-0.3, -0.25) is 4.79 Å². The van der Waals surface area contributed by atoms with Crippen molar-refractivity contribution in [1.82, 2.24) is 25.6 Å². The Hall–Kier alpha value is -2.70. The number of aryl methyl sites for hydroxylation is 1. The summed E-state index contributed by atoms with van der Waals surface area (Å²) in [4.78, 5) is 12.5. The summed E-state index contributed by atoms with van der Waals surface area (Å²) in [7, 11) is 0. The number of benzene rings is 2. The third-order valence-corrected chi connectivity index (χ3v) is 5.16. The first-order valence-electron chi connectivity index (χ1n) is 9.76. The van der Waals surface area contributed by atoms with Crippen LogP contribution in [0.3, 0.4) is 0 Å². The Balaban J connectivity index is 0.00000240. The molecule has 1 fully saturated rings. The highest BCUT2D eigenvalue weighted by Crippen LogP contribution is 2.21. The molecule has 152 valence electrons. The van der Waals surface area contributed by atoms with Crippen molar-refractivity contribution in [3.63, 3.8) is 0 Å². The molecule has 2 aromatic carbocycles. The van der Waals surface area contributed by atoms with E-state index in [0.717, 1.165) is 37.1 Å². The van der Waals surface area contributed by atoms with Crippen LogP contribution in [0.4, 0.5) is 0 Å². The Morgan fingerprint density at radius 3 is 2.62 bits per heavy atom. The second-order valence-electron chi connectivity index (χ2n) is 7.32. The first-order chi connectivity index (χ1) is 13.7. The minimum atomic E-state index is -0.193. The van der Waals surface area contributed by atoms with Crippen molar-refractivity contribution in [3.8, 4) is 11.1 Å². The van der Waals surface area contributed by atoms with Gasteiger partial charge in [0.25, 0.3) is 5.91 Å². The van der Waals surface area contributed by atoms with E-state index in [-0.39, 0.29) is 18.3 Å². The molecule has 4 rings (SSSR count). The van der Waals surface area contributed by atoms with Crippen molar-refractivity contribution in [3.05, 3.63) is 71.5 Å². The monoisotopic (exact) mass is 411 g/mol. The average molecular weight is 412 g/mol. The molecular weight excluding hydrogens is 386 g/mol. The number of amides is 1. The number of carbonyl (C=O) groups excluding carboxylic acids is 1. The molecule has 1 saturated heterocycles. The Bertz CT molecular complexity index is 965. The number of piperidine rings is 1. The Kier molecular flexibility index (Phi) is 7.01. The van der Waals surface area contributed by atoms with Crippen molar-refractivity contribution in [2.45, 2.75) is 32.4 Å². The van der Waals surface area contributed by atoms with Gasteiger partial charge in [0.05, 0.1) is 12.2 Å². The van der Waals surface area contributed by atoms with E-state index in [2.05, 4.69) is 64.3 Å². The number of aromatic nitrogens is 3. The van der Waals surface area contributed by atoms with Gasteiger partial charge in [-0.2, -0.15) is 0 Å². The molecule has 0 spiro atoms. The SMILES string of the molecule is Cc1cccc(-c2cccc(CNC(=O)c3cn(C4CCNCC4)nn3)c2)c1.Cl. The Morgan fingerprint density at radius 2 is 1.86 bits per heavy atom. The van der Waals surface area contributed by atoms with Gasteiger partial charge in [0.2, 0.25) is 0 Å². The molecule has 0 radical (unpaired) electrons. The minimum absolute atomic E-state index is 0. The molecule has 2 heterocycles. The third-order valence-electron chi connectivity index (χ3n) is 5.16. The van der Waals surface area contributed by atoms with Crippen molar-refractivity contribution in [2.24, 2.45) is 0 Å². The maximum Gasteiger partial charge on any atom is 0.273 e. The molecule has 1 aliphatic rings. The zero-order valence-electron chi connectivity index (χ0n) is 16.5. The standard InChI is InChI=1S/C22H25N5O.ClH/c1-16-4-2-6-18(12-16)19-7-3-5-17(13-19)14-24-22(28)21-15-27(26-25-21)20-8-10-23-11-9-20;/h2-7,12-13,15,20,23H,8-11,14H2,1H3,(H,24,28);1H. The van der Waals surface area contributed by atoms with E-state index in [1.807, 2.05) is 16.8 Å². The highest BCUT2D eigenvalue weighted by molar-refractivity contribution is 5.91. The quantitative estimate of drug-likeness (QED) is 0.673. The molecule has 3 aromatic rings. The lowest BCUT2D eigenvalue weighted by atomic mass is 10.0. The highest BCUT2D eigenvalue weighted by Gasteiger charge is 2.18. The van der Waals surface area contributed by atoms with Crippen LogP contribution in [0.1, 0.15) is 40.5 Å². The van der Waals surface area contributed by atoms with E-state index in [9.17, 15) is 4.79 Å². The van der Waals surface area contributed by atoms with Crippen LogP contribution < -0.4 is 10.6 Å². The van der Waals surface area contributed by atoms with Gasteiger partial charge in [-0.25, -0.2) is 4.68 Å². The van der Waals surface area contributed by atoms with Crippen LogP contribution >= 0.6 is 12.4 Å². The van der Waals surface area contributed by atoms with Crippen molar-refractivity contribution >= 4 is 18.3 Å². The smallest absolute Gasteiger partial charge is 0.273 e. The summed E-state index contributed by atoms with van der Waals surface area (Å²) in [5.41, 5.74) is 4.98.